The molecule has 1 aliphatic rings. The summed E-state index contributed by atoms with van der Waals surface area (Å²) in [6, 6.07) is -0.748. The molecule has 2 atom stereocenters. The first-order valence-electron chi connectivity index (χ1n) is 4.25. The maximum absolute atomic E-state index is 11.3. The number of carbonyl (C=O) groups is 2. The third-order valence-electron chi connectivity index (χ3n) is 2.18. The summed E-state index contributed by atoms with van der Waals surface area (Å²) in [6.45, 7) is 1.78. The van der Waals surface area contributed by atoms with Gasteiger partial charge in [0.1, 0.15) is 12.1 Å². The van der Waals surface area contributed by atoms with Gasteiger partial charge in [0.15, 0.2) is 0 Å². The van der Waals surface area contributed by atoms with Gasteiger partial charge >= 0.3 is 5.97 Å². The molecule has 0 aromatic heterocycles. The number of amides is 1. The van der Waals surface area contributed by atoms with E-state index in [4.69, 9.17) is 10.2 Å². The van der Waals surface area contributed by atoms with E-state index in [1.807, 2.05) is 0 Å². The number of carboxylic acid groups (broad SMARTS) is 1. The summed E-state index contributed by atoms with van der Waals surface area (Å²) in [6.07, 6.45) is 0.0587. The fourth-order valence-corrected chi connectivity index (χ4v) is 1.53. The number of carboxylic acids is 1. The minimum atomic E-state index is -1.11. The second-order valence-corrected chi connectivity index (χ2v) is 3.20. The molecule has 0 aliphatic carbocycles. The number of nitrogens with zero attached hydrogens (tertiary/aromatic N) is 1. The molecule has 0 bridgehead atoms. The number of aliphatic hydroxyl groups excluding tert-OH is 1. The Kier molecular flexibility index (Phi) is 2.87. The highest BCUT2D eigenvalue weighted by molar-refractivity contribution is 5.86. The van der Waals surface area contributed by atoms with Gasteiger partial charge in [0, 0.05) is 6.54 Å². The molecule has 0 radical (unpaired) electrons. The first-order chi connectivity index (χ1) is 6.04. The number of hydrogen-bond acceptors (Lipinski definition) is 3. The molecule has 1 rings (SSSR count). The van der Waals surface area contributed by atoms with Gasteiger partial charge in [-0.25, -0.2) is 4.79 Å². The second kappa shape index (κ2) is 3.74. The molecule has 0 spiro atoms. The average Bonchev–Trinajstić information content (AvgIpc) is 2.50. The molecule has 5 nitrogen and oxygen atoms in total. The zero-order valence-electron chi connectivity index (χ0n) is 7.43. The van der Waals surface area contributed by atoms with Gasteiger partial charge in [-0.15, -0.1) is 0 Å². The largest absolute Gasteiger partial charge is 0.480 e. The summed E-state index contributed by atoms with van der Waals surface area (Å²) in [5, 5.41) is 17.7. The van der Waals surface area contributed by atoms with Crippen LogP contribution in [0.25, 0.3) is 0 Å². The minimum Gasteiger partial charge on any atom is -0.480 e. The summed E-state index contributed by atoms with van der Waals surface area (Å²) in [5.41, 5.74) is 0. The average molecular weight is 187 g/mol. The van der Waals surface area contributed by atoms with Gasteiger partial charge in [-0.3, -0.25) is 4.79 Å². The van der Waals surface area contributed by atoms with Gasteiger partial charge < -0.3 is 15.1 Å². The smallest absolute Gasteiger partial charge is 0.326 e. The SMILES string of the molecule is CC(O)C(=O)N1CCC[C@H]1C(=O)O. The Bertz CT molecular complexity index is 226. The van der Waals surface area contributed by atoms with E-state index in [0.29, 0.717) is 19.4 Å². The molecule has 13 heavy (non-hydrogen) atoms. The molecule has 1 saturated heterocycles. The normalized spacial score (nSPS) is 24.5. The Balaban J connectivity index is 2.68. The highest BCUT2D eigenvalue weighted by atomic mass is 16.4. The van der Waals surface area contributed by atoms with Gasteiger partial charge in [0.25, 0.3) is 5.91 Å². The van der Waals surface area contributed by atoms with Gasteiger partial charge in [-0.2, -0.15) is 0 Å². The van der Waals surface area contributed by atoms with Crippen LogP contribution in [-0.4, -0.2) is 45.7 Å². The van der Waals surface area contributed by atoms with E-state index in [1.165, 1.54) is 11.8 Å². The van der Waals surface area contributed by atoms with Crippen molar-refractivity contribution in [2.75, 3.05) is 6.54 Å². The number of aliphatic carboxylic acids is 1. The molecule has 0 saturated carbocycles. The predicted molar refractivity (Wildman–Crippen MR) is 44.1 cm³/mol. The zero-order chi connectivity index (χ0) is 10.0. The van der Waals surface area contributed by atoms with E-state index in [9.17, 15) is 9.59 Å². The number of rotatable bonds is 2. The minimum absolute atomic E-state index is 0.431. The van der Waals surface area contributed by atoms with Crippen molar-refractivity contribution in [3.05, 3.63) is 0 Å². The molecule has 2 N–H and O–H groups in total. The van der Waals surface area contributed by atoms with Crippen LogP contribution in [0.1, 0.15) is 19.8 Å². The number of hydrogen-bond donors (Lipinski definition) is 2. The van der Waals surface area contributed by atoms with Crippen molar-refractivity contribution in [2.45, 2.75) is 31.9 Å². The number of carbonyl (C=O) groups excluding carboxylic acids is 1. The highest BCUT2D eigenvalue weighted by Crippen LogP contribution is 2.18. The number of aliphatic hydroxyl groups is 1. The Morgan fingerprint density at radius 3 is 2.62 bits per heavy atom. The maximum Gasteiger partial charge on any atom is 0.326 e. The molecule has 1 amide bonds. The molecule has 1 heterocycles. The Labute approximate surface area is 76.0 Å². The van der Waals surface area contributed by atoms with E-state index in [1.54, 1.807) is 0 Å². The predicted octanol–water partition coefficient (Wildman–Crippen LogP) is -0.557. The van der Waals surface area contributed by atoms with Crippen LogP contribution in [0.2, 0.25) is 0 Å². The standard InChI is InChI=1S/C8H13NO4/c1-5(10)7(11)9-4-2-3-6(9)8(12)13/h5-6,10H,2-4H2,1H3,(H,12,13)/t5?,6-/m0/s1. The van der Waals surface area contributed by atoms with Crippen molar-refractivity contribution in [2.24, 2.45) is 0 Å². The van der Waals surface area contributed by atoms with Crippen LogP contribution in [0.4, 0.5) is 0 Å². The zero-order valence-corrected chi connectivity index (χ0v) is 7.43. The molecule has 0 aromatic carbocycles. The van der Waals surface area contributed by atoms with Gasteiger partial charge in [-0.05, 0) is 19.8 Å². The molecule has 1 unspecified atom stereocenters. The second-order valence-electron chi connectivity index (χ2n) is 3.20. The van der Waals surface area contributed by atoms with E-state index in [0.717, 1.165) is 0 Å². The monoisotopic (exact) mass is 187 g/mol. The summed E-state index contributed by atoms with van der Waals surface area (Å²) in [4.78, 5) is 23.2. The van der Waals surface area contributed by atoms with Crippen molar-refractivity contribution in [3.8, 4) is 0 Å². The highest BCUT2D eigenvalue weighted by Gasteiger charge is 2.35. The Morgan fingerprint density at radius 1 is 1.54 bits per heavy atom. The van der Waals surface area contributed by atoms with Crippen LogP contribution < -0.4 is 0 Å². The molecule has 0 aromatic rings. The van der Waals surface area contributed by atoms with Crippen molar-refractivity contribution in [1.29, 1.82) is 0 Å². The van der Waals surface area contributed by atoms with Crippen molar-refractivity contribution >= 4 is 11.9 Å². The summed E-state index contributed by atoms with van der Waals surface area (Å²) in [7, 11) is 0. The van der Waals surface area contributed by atoms with E-state index < -0.39 is 24.0 Å². The van der Waals surface area contributed by atoms with Gasteiger partial charge in [-0.1, -0.05) is 0 Å². The maximum atomic E-state index is 11.3. The summed E-state index contributed by atoms with van der Waals surface area (Å²) in [5.74, 6) is -1.49. The van der Waals surface area contributed by atoms with Crippen molar-refractivity contribution in [1.82, 2.24) is 4.90 Å². The quantitative estimate of drug-likeness (QED) is 0.607. The van der Waals surface area contributed by atoms with E-state index in [-0.39, 0.29) is 0 Å². The van der Waals surface area contributed by atoms with Crippen LogP contribution >= 0.6 is 0 Å². The fourth-order valence-electron chi connectivity index (χ4n) is 1.53. The van der Waals surface area contributed by atoms with Crippen LogP contribution in [0, 0.1) is 0 Å². The summed E-state index contributed by atoms with van der Waals surface area (Å²) >= 11 is 0. The molecule has 1 fully saturated rings. The van der Waals surface area contributed by atoms with Gasteiger partial charge in [0.2, 0.25) is 0 Å². The lowest BCUT2D eigenvalue weighted by molar-refractivity contribution is -0.151. The van der Waals surface area contributed by atoms with Crippen LogP contribution in [0.3, 0.4) is 0 Å². The third kappa shape index (κ3) is 1.98. The van der Waals surface area contributed by atoms with Crippen molar-refractivity contribution < 1.29 is 19.8 Å². The third-order valence-corrected chi connectivity index (χ3v) is 2.18. The lowest BCUT2D eigenvalue weighted by atomic mass is 10.2. The van der Waals surface area contributed by atoms with Crippen LogP contribution in [0.15, 0.2) is 0 Å². The first kappa shape index (κ1) is 9.98. The Hall–Kier alpha value is -1.10. The lowest BCUT2D eigenvalue weighted by Crippen LogP contribution is -2.44. The molecular formula is C8H13NO4. The molecule has 74 valence electrons. The molecule has 1 aliphatic heterocycles. The van der Waals surface area contributed by atoms with E-state index >= 15 is 0 Å². The fraction of sp³-hybridized carbons (Fsp3) is 0.750. The topological polar surface area (TPSA) is 77.8 Å². The van der Waals surface area contributed by atoms with Crippen LogP contribution in [-0.2, 0) is 9.59 Å². The van der Waals surface area contributed by atoms with Crippen LogP contribution in [0.5, 0.6) is 0 Å². The molecular weight excluding hydrogens is 174 g/mol. The summed E-state index contributed by atoms with van der Waals surface area (Å²) < 4.78 is 0. The van der Waals surface area contributed by atoms with Crippen molar-refractivity contribution in [3.63, 3.8) is 0 Å². The molecule has 5 heteroatoms. The Morgan fingerprint density at radius 2 is 2.15 bits per heavy atom. The lowest BCUT2D eigenvalue weighted by Gasteiger charge is -2.22. The first-order valence-corrected chi connectivity index (χ1v) is 4.25. The number of likely N-dealkylation sites (tertiary alicyclic amines) is 1. The van der Waals surface area contributed by atoms with E-state index in [2.05, 4.69) is 0 Å². The van der Waals surface area contributed by atoms with Gasteiger partial charge in [0.05, 0.1) is 0 Å².